The molecule has 0 saturated heterocycles. The largest absolute Gasteiger partial charge is 0.306 e. The van der Waals surface area contributed by atoms with E-state index in [1.165, 1.54) is 29.1 Å². The summed E-state index contributed by atoms with van der Waals surface area (Å²) >= 11 is 0. The quantitative estimate of drug-likeness (QED) is 0.459. The van der Waals surface area contributed by atoms with Crippen LogP contribution in [-0.4, -0.2) is 49.1 Å². The van der Waals surface area contributed by atoms with E-state index in [0.29, 0.717) is 36.0 Å². The number of unbranched alkanes of at least 4 members (excludes halogenated alkanes) is 3. The molecule has 8 nitrogen and oxygen atoms in total. The highest BCUT2D eigenvalue weighted by Crippen LogP contribution is 2.32. The van der Waals surface area contributed by atoms with E-state index in [9.17, 15) is 18.0 Å². The number of hydrogen-bond acceptors (Lipinski definition) is 5. The number of anilines is 1. The molecule has 0 fully saturated rings. The predicted molar refractivity (Wildman–Crippen MR) is 133 cm³/mol. The molecule has 0 N–H and O–H groups in total. The molecular weight excluding hydrogens is 452 g/mol. The Morgan fingerprint density at radius 1 is 1.06 bits per heavy atom. The zero-order chi connectivity index (χ0) is 24.5. The SMILES string of the molecule is CCCCCCn1nc(C(=O)N2CCc3cc(S(=O)(=O)N(C)C)ccc32)c2ccccc2c1=O. The molecule has 0 saturated carbocycles. The Morgan fingerprint density at radius 2 is 1.79 bits per heavy atom. The van der Waals surface area contributed by atoms with E-state index in [2.05, 4.69) is 12.0 Å². The van der Waals surface area contributed by atoms with Crippen LogP contribution in [0.5, 0.6) is 0 Å². The maximum atomic E-state index is 13.7. The number of benzene rings is 2. The van der Waals surface area contributed by atoms with E-state index in [-0.39, 0.29) is 22.1 Å². The summed E-state index contributed by atoms with van der Waals surface area (Å²) in [7, 11) is -0.576. The van der Waals surface area contributed by atoms with E-state index < -0.39 is 10.0 Å². The van der Waals surface area contributed by atoms with Crippen molar-refractivity contribution in [2.75, 3.05) is 25.5 Å². The van der Waals surface area contributed by atoms with Crippen molar-refractivity contribution in [1.82, 2.24) is 14.1 Å². The van der Waals surface area contributed by atoms with Crippen molar-refractivity contribution in [3.05, 3.63) is 64.1 Å². The molecular formula is C25H30N4O4S. The Hall–Kier alpha value is -3.04. The number of aromatic nitrogens is 2. The van der Waals surface area contributed by atoms with Crippen molar-refractivity contribution in [2.45, 2.75) is 50.5 Å². The molecule has 1 aromatic heterocycles. The number of carbonyl (C=O) groups excluding carboxylic acids is 1. The monoisotopic (exact) mass is 482 g/mol. The average Bonchev–Trinajstić information content (AvgIpc) is 3.26. The highest BCUT2D eigenvalue weighted by Gasteiger charge is 2.30. The lowest BCUT2D eigenvalue weighted by atomic mass is 10.1. The second-order valence-electron chi connectivity index (χ2n) is 8.77. The van der Waals surface area contributed by atoms with Gasteiger partial charge in [0.2, 0.25) is 10.0 Å². The first-order chi connectivity index (χ1) is 16.3. The number of aryl methyl sites for hydroxylation is 1. The van der Waals surface area contributed by atoms with Crippen molar-refractivity contribution in [1.29, 1.82) is 0 Å². The Balaban J connectivity index is 1.72. The summed E-state index contributed by atoms with van der Waals surface area (Å²) < 4.78 is 27.6. The predicted octanol–water partition coefficient (Wildman–Crippen LogP) is 3.43. The Bertz CT molecular complexity index is 1400. The van der Waals surface area contributed by atoms with Gasteiger partial charge in [-0.3, -0.25) is 9.59 Å². The van der Waals surface area contributed by atoms with Crippen LogP contribution in [-0.2, 0) is 23.0 Å². The molecule has 0 aliphatic carbocycles. The van der Waals surface area contributed by atoms with E-state index in [4.69, 9.17) is 0 Å². The molecule has 1 amide bonds. The molecule has 4 rings (SSSR count). The standard InChI is InChI=1S/C25H30N4O4S/c1-4-5-6-9-15-29-24(30)21-11-8-7-10-20(21)23(26-29)25(31)28-16-14-18-17-19(12-13-22(18)28)34(32,33)27(2)3/h7-8,10-13,17H,4-6,9,14-16H2,1-3H3. The summed E-state index contributed by atoms with van der Waals surface area (Å²) in [5, 5.41) is 5.51. The van der Waals surface area contributed by atoms with Gasteiger partial charge in [-0.25, -0.2) is 17.4 Å². The van der Waals surface area contributed by atoms with Gasteiger partial charge >= 0.3 is 0 Å². The lowest BCUT2D eigenvalue weighted by molar-refractivity contribution is 0.0984. The molecule has 0 bridgehead atoms. The normalized spacial score (nSPS) is 13.6. The number of nitrogens with zero attached hydrogens (tertiary/aromatic N) is 4. The first kappa shape index (κ1) is 24.1. The summed E-state index contributed by atoms with van der Waals surface area (Å²) in [5.41, 5.74) is 1.52. The zero-order valence-electron chi connectivity index (χ0n) is 19.8. The van der Waals surface area contributed by atoms with Gasteiger partial charge in [0.05, 0.1) is 10.3 Å². The zero-order valence-corrected chi connectivity index (χ0v) is 20.6. The van der Waals surface area contributed by atoms with Gasteiger partial charge in [-0.05, 0) is 42.7 Å². The lowest BCUT2D eigenvalue weighted by Gasteiger charge is -2.19. The maximum absolute atomic E-state index is 13.7. The van der Waals surface area contributed by atoms with Gasteiger partial charge in [0.25, 0.3) is 11.5 Å². The van der Waals surface area contributed by atoms with Crippen LogP contribution in [0, 0.1) is 0 Å². The van der Waals surface area contributed by atoms with Gasteiger partial charge in [0.1, 0.15) is 0 Å². The minimum atomic E-state index is -3.56. The van der Waals surface area contributed by atoms with Crippen LogP contribution in [0.25, 0.3) is 10.8 Å². The fraction of sp³-hybridized carbons (Fsp3) is 0.400. The van der Waals surface area contributed by atoms with Crippen molar-refractivity contribution >= 4 is 32.4 Å². The molecule has 2 heterocycles. The Labute approximate surface area is 199 Å². The van der Waals surface area contributed by atoms with Crippen LogP contribution in [0.4, 0.5) is 5.69 Å². The van der Waals surface area contributed by atoms with Crippen molar-refractivity contribution < 1.29 is 13.2 Å². The summed E-state index contributed by atoms with van der Waals surface area (Å²) in [6.45, 7) is 3.02. The number of hydrogen-bond donors (Lipinski definition) is 0. The molecule has 2 aromatic carbocycles. The fourth-order valence-electron chi connectivity index (χ4n) is 4.32. The van der Waals surface area contributed by atoms with Crippen molar-refractivity contribution in [3.63, 3.8) is 0 Å². The summed E-state index contributed by atoms with van der Waals surface area (Å²) in [5.74, 6) is -0.291. The number of fused-ring (bicyclic) bond motifs is 2. The number of amides is 1. The van der Waals surface area contributed by atoms with Crippen LogP contribution >= 0.6 is 0 Å². The third kappa shape index (κ3) is 4.37. The Kier molecular flexibility index (Phi) is 6.86. The molecule has 3 aromatic rings. The second-order valence-corrected chi connectivity index (χ2v) is 10.9. The summed E-state index contributed by atoms with van der Waals surface area (Å²) in [6, 6.07) is 11.9. The maximum Gasteiger partial charge on any atom is 0.279 e. The van der Waals surface area contributed by atoms with Crippen LogP contribution in [0.1, 0.15) is 48.7 Å². The fourth-order valence-corrected chi connectivity index (χ4v) is 5.27. The molecule has 1 aliphatic heterocycles. The topological polar surface area (TPSA) is 92.6 Å². The number of carbonyl (C=O) groups is 1. The first-order valence-corrected chi connectivity index (χ1v) is 13.1. The molecule has 9 heteroatoms. The van der Waals surface area contributed by atoms with E-state index >= 15 is 0 Å². The van der Waals surface area contributed by atoms with Crippen LogP contribution in [0.15, 0.2) is 52.2 Å². The molecule has 34 heavy (non-hydrogen) atoms. The number of rotatable bonds is 8. The van der Waals surface area contributed by atoms with Crippen molar-refractivity contribution in [2.24, 2.45) is 0 Å². The molecule has 0 radical (unpaired) electrons. The van der Waals surface area contributed by atoms with Gasteiger partial charge < -0.3 is 4.90 Å². The van der Waals surface area contributed by atoms with Gasteiger partial charge in [0, 0.05) is 38.3 Å². The summed E-state index contributed by atoms with van der Waals surface area (Å²) in [6.07, 6.45) is 4.55. The summed E-state index contributed by atoms with van der Waals surface area (Å²) in [4.78, 5) is 28.5. The molecule has 0 unspecified atom stereocenters. The van der Waals surface area contributed by atoms with Crippen molar-refractivity contribution in [3.8, 4) is 0 Å². The van der Waals surface area contributed by atoms with Crippen LogP contribution in [0.2, 0.25) is 0 Å². The second kappa shape index (κ2) is 9.68. The van der Waals surface area contributed by atoms with E-state index in [1.807, 2.05) is 0 Å². The highest BCUT2D eigenvalue weighted by atomic mass is 32.2. The minimum Gasteiger partial charge on any atom is -0.306 e. The smallest absolute Gasteiger partial charge is 0.279 e. The third-order valence-electron chi connectivity index (χ3n) is 6.26. The molecule has 0 atom stereocenters. The molecule has 1 aliphatic rings. The van der Waals surface area contributed by atoms with Gasteiger partial charge in [0.15, 0.2) is 5.69 Å². The third-order valence-corrected chi connectivity index (χ3v) is 8.08. The highest BCUT2D eigenvalue weighted by molar-refractivity contribution is 7.89. The minimum absolute atomic E-state index is 0.191. The lowest BCUT2D eigenvalue weighted by Crippen LogP contribution is -2.33. The molecule has 0 spiro atoms. The average molecular weight is 483 g/mol. The van der Waals surface area contributed by atoms with Gasteiger partial charge in [-0.2, -0.15) is 5.10 Å². The number of sulfonamides is 1. The van der Waals surface area contributed by atoms with Gasteiger partial charge in [-0.15, -0.1) is 0 Å². The van der Waals surface area contributed by atoms with E-state index in [1.54, 1.807) is 41.3 Å². The van der Waals surface area contributed by atoms with Gasteiger partial charge in [-0.1, -0.05) is 44.4 Å². The van der Waals surface area contributed by atoms with Crippen LogP contribution in [0.3, 0.4) is 0 Å². The van der Waals surface area contributed by atoms with Crippen LogP contribution < -0.4 is 10.5 Å². The first-order valence-electron chi connectivity index (χ1n) is 11.6. The van der Waals surface area contributed by atoms with E-state index in [0.717, 1.165) is 31.2 Å². The Morgan fingerprint density at radius 3 is 2.50 bits per heavy atom. The molecule has 180 valence electrons.